The van der Waals surface area contributed by atoms with Crippen LogP contribution in [0.4, 0.5) is 11.8 Å². The molecule has 252 valence electrons. The zero-order valence-electron chi connectivity index (χ0n) is 29.2. The number of aromatic nitrogens is 2. The number of hydrogen-bond acceptors (Lipinski definition) is 8. The second-order valence-corrected chi connectivity index (χ2v) is 21.7. The van der Waals surface area contributed by atoms with Gasteiger partial charge in [0.05, 0.1) is 17.8 Å². The third-order valence-corrected chi connectivity index (χ3v) is 17.1. The lowest BCUT2D eigenvalue weighted by Crippen LogP contribution is -2.60. The summed E-state index contributed by atoms with van der Waals surface area (Å²) in [5.41, 5.74) is 2.28. The van der Waals surface area contributed by atoms with Gasteiger partial charge in [0.25, 0.3) is 0 Å². The lowest BCUT2D eigenvalue weighted by atomic mass is 9.48. The molecule has 7 rings (SSSR count). The Hall–Kier alpha value is -2.98. The highest BCUT2D eigenvalue weighted by Gasteiger charge is 2.55. The van der Waals surface area contributed by atoms with Crippen molar-refractivity contribution >= 4 is 20.1 Å². The number of nitriles is 2. The van der Waals surface area contributed by atoms with Gasteiger partial charge in [-0.3, -0.25) is 0 Å². The smallest absolute Gasteiger partial charge is 0.224 e. The van der Waals surface area contributed by atoms with Crippen molar-refractivity contribution in [1.29, 1.82) is 10.5 Å². The molecule has 0 saturated heterocycles. The average Bonchev–Trinajstić information content (AvgIpc) is 3.05. The second-order valence-electron chi connectivity index (χ2n) is 16.9. The van der Waals surface area contributed by atoms with Gasteiger partial charge in [-0.25, -0.2) is 4.98 Å². The van der Waals surface area contributed by atoms with Crippen molar-refractivity contribution in [1.82, 2.24) is 15.3 Å². The van der Waals surface area contributed by atoms with E-state index in [9.17, 15) is 10.5 Å². The molecule has 5 fully saturated rings. The topological polar surface area (TPSA) is 119 Å². The van der Waals surface area contributed by atoms with Crippen LogP contribution in [0.15, 0.2) is 30.5 Å². The van der Waals surface area contributed by atoms with Gasteiger partial charge in [-0.2, -0.15) is 15.5 Å². The minimum absolute atomic E-state index is 0.272. The van der Waals surface area contributed by atoms with Crippen molar-refractivity contribution in [2.45, 2.75) is 109 Å². The average molecular weight is 654 g/mol. The summed E-state index contributed by atoms with van der Waals surface area (Å²) >= 11 is 0. The number of anilines is 2. The molecule has 1 unspecified atom stereocenters. The summed E-state index contributed by atoms with van der Waals surface area (Å²) in [6.07, 6.45) is 13.4. The number of rotatable bonds is 12. The molecule has 0 amide bonds. The third kappa shape index (κ3) is 7.69. The molecule has 4 bridgehead atoms. The van der Waals surface area contributed by atoms with E-state index in [0.29, 0.717) is 35.5 Å². The maximum atomic E-state index is 9.81. The molecule has 0 spiro atoms. The fraction of sp³-hybridized carbons (Fsp3) is 0.684. The largest absolute Gasteiger partial charge is 0.417 e. The van der Waals surface area contributed by atoms with Crippen molar-refractivity contribution in [2.24, 2.45) is 35.0 Å². The van der Waals surface area contributed by atoms with E-state index >= 15 is 0 Å². The van der Waals surface area contributed by atoms with E-state index in [2.05, 4.69) is 66.9 Å². The first kappa shape index (κ1) is 33.9. The Morgan fingerprint density at radius 1 is 0.936 bits per heavy atom. The Kier molecular flexibility index (Phi) is 10.00. The van der Waals surface area contributed by atoms with E-state index in [1.807, 2.05) is 24.3 Å². The maximum absolute atomic E-state index is 9.81. The summed E-state index contributed by atoms with van der Waals surface area (Å²) in [6, 6.07) is 12.7. The Morgan fingerprint density at radius 2 is 1.62 bits per heavy atom. The van der Waals surface area contributed by atoms with Crippen LogP contribution in [0.25, 0.3) is 0 Å². The highest BCUT2D eigenvalue weighted by Crippen LogP contribution is 2.60. The van der Waals surface area contributed by atoms with Crippen LogP contribution in [0, 0.1) is 57.7 Å². The molecule has 5 atom stereocenters. The van der Waals surface area contributed by atoms with Crippen LogP contribution < -0.4 is 16.0 Å². The fourth-order valence-electron chi connectivity index (χ4n) is 9.10. The van der Waals surface area contributed by atoms with E-state index in [1.165, 1.54) is 64.3 Å². The summed E-state index contributed by atoms with van der Waals surface area (Å²) in [5, 5.41) is 30.5. The molecule has 5 aliphatic rings. The molecule has 0 radical (unpaired) electrons. The van der Waals surface area contributed by atoms with E-state index < -0.39 is 8.32 Å². The summed E-state index contributed by atoms with van der Waals surface area (Å²) in [6.45, 7) is 15.2. The Labute approximate surface area is 283 Å². The van der Waals surface area contributed by atoms with Crippen LogP contribution in [0.3, 0.4) is 0 Å². The van der Waals surface area contributed by atoms with E-state index in [4.69, 9.17) is 9.41 Å². The zero-order valence-corrected chi connectivity index (χ0v) is 30.2. The lowest BCUT2D eigenvalue weighted by Gasteiger charge is -2.60. The monoisotopic (exact) mass is 653 g/mol. The summed E-state index contributed by atoms with van der Waals surface area (Å²) in [7, 11) is -1.67. The standard InChI is InChI=1S/C38H55N7OSi/c1-37(2,3)47(4,5)46-24-27-12-10-26(11-13-27)21-41-34-31-14-28-15-32(34)18-38(16-28,17-31)25-44-35-33(20-40)23-43-36(45-35)42-22-30-9-7-6-8-29(30)19-39/h6-9,23,26-28,31-32,34,41H,10-18,21-22,24-25H2,1-5H3,(H2,42,43,44,45)/t26-,27-,28?,31-,32+,34-,38-. The highest BCUT2D eigenvalue weighted by atomic mass is 28.4. The van der Waals surface area contributed by atoms with Crippen molar-refractivity contribution in [3.05, 3.63) is 47.2 Å². The van der Waals surface area contributed by atoms with E-state index in [0.717, 1.165) is 48.3 Å². The van der Waals surface area contributed by atoms with Gasteiger partial charge in [0, 0.05) is 25.7 Å². The molecule has 0 aliphatic heterocycles. The minimum Gasteiger partial charge on any atom is -0.417 e. The fourth-order valence-corrected chi connectivity index (χ4v) is 10.2. The zero-order chi connectivity index (χ0) is 33.2. The lowest BCUT2D eigenvalue weighted by molar-refractivity contribution is -0.0703. The van der Waals surface area contributed by atoms with Crippen LogP contribution in [0.5, 0.6) is 0 Å². The van der Waals surface area contributed by atoms with Gasteiger partial charge in [0.2, 0.25) is 5.95 Å². The minimum atomic E-state index is -1.67. The first-order valence-electron chi connectivity index (χ1n) is 18.1. The molecule has 1 heterocycles. The third-order valence-electron chi connectivity index (χ3n) is 12.6. The van der Waals surface area contributed by atoms with E-state index in [1.54, 1.807) is 6.20 Å². The highest BCUT2D eigenvalue weighted by molar-refractivity contribution is 6.74. The van der Waals surface area contributed by atoms with Crippen molar-refractivity contribution in [3.63, 3.8) is 0 Å². The first-order chi connectivity index (χ1) is 22.5. The number of nitrogens with one attached hydrogen (secondary N) is 3. The number of benzene rings is 1. The van der Waals surface area contributed by atoms with Crippen LogP contribution >= 0.6 is 0 Å². The van der Waals surface area contributed by atoms with E-state index in [-0.39, 0.29) is 10.5 Å². The molecule has 1 aromatic carbocycles. The van der Waals surface area contributed by atoms with Crippen LogP contribution in [-0.2, 0) is 11.0 Å². The van der Waals surface area contributed by atoms with Gasteiger partial charge in [-0.05, 0) is 129 Å². The molecule has 1 aromatic heterocycles. The summed E-state index contributed by atoms with van der Waals surface area (Å²) < 4.78 is 6.58. The van der Waals surface area contributed by atoms with Gasteiger partial charge in [0.1, 0.15) is 17.5 Å². The molecule has 8 nitrogen and oxygen atoms in total. The van der Waals surface area contributed by atoms with Crippen molar-refractivity contribution < 1.29 is 4.43 Å². The quantitative estimate of drug-likeness (QED) is 0.198. The molecule has 5 saturated carbocycles. The first-order valence-corrected chi connectivity index (χ1v) is 21.0. The summed E-state index contributed by atoms with van der Waals surface area (Å²) in [4.78, 5) is 9.08. The normalized spacial score (nSPS) is 30.0. The van der Waals surface area contributed by atoms with Gasteiger partial charge >= 0.3 is 0 Å². The molecule has 47 heavy (non-hydrogen) atoms. The second kappa shape index (κ2) is 13.9. The molecule has 3 N–H and O–H groups in total. The van der Waals surface area contributed by atoms with Gasteiger partial charge in [-0.1, -0.05) is 39.0 Å². The van der Waals surface area contributed by atoms with Crippen LogP contribution in [0.1, 0.15) is 95.2 Å². The van der Waals surface area contributed by atoms with Gasteiger partial charge in [0.15, 0.2) is 8.32 Å². The Morgan fingerprint density at radius 3 is 2.30 bits per heavy atom. The molecule has 2 aromatic rings. The number of hydrogen-bond donors (Lipinski definition) is 3. The predicted molar refractivity (Wildman–Crippen MR) is 190 cm³/mol. The maximum Gasteiger partial charge on any atom is 0.224 e. The van der Waals surface area contributed by atoms with Gasteiger partial charge < -0.3 is 20.4 Å². The summed E-state index contributed by atoms with van der Waals surface area (Å²) in [5.74, 6) is 4.91. The Bertz CT molecular complexity index is 1470. The van der Waals surface area contributed by atoms with Crippen molar-refractivity contribution in [3.8, 4) is 12.1 Å². The van der Waals surface area contributed by atoms with Crippen molar-refractivity contribution in [2.75, 3.05) is 30.3 Å². The van der Waals surface area contributed by atoms with Gasteiger partial charge in [-0.15, -0.1) is 0 Å². The predicted octanol–water partition coefficient (Wildman–Crippen LogP) is 7.86. The number of nitrogens with zero attached hydrogens (tertiary/aromatic N) is 4. The molecular formula is C38H55N7OSi. The Balaban J connectivity index is 0.997. The SMILES string of the molecule is CC(C)(C)[Si](C)(C)OC[C@H]1CC[C@H](CN[C@@H]2[C@@H]3CC4C[C@H]2C[C@@](CNc2nc(NCc5ccccc5C#N)ncc2C#N)(C4)C3)CC1. The van der Waals surface area contributed by atoms with Crippen LogP contribution in [0.2, 0.25) is 18.1 Å². The molecule has 9 heteroatoms. The molecular weight excluding hydrogens is 599 g/mol. The van der Waals surface area contributed by atoms with Crippen LogP contribution in [-0.4, -0.2) is 44.0 Å². The molecule has 5 aliphatic carbocycles.